The van der Waals surface area contributed by atoms with E-state index in [0.717, 1.165) is 18.9 Å². The van der Waals surface area contributed by atoms with Crippen molar-refractivity contribution in [3.8, 4) is 0 Å². The molecular weight excluding hydrogens is 232 g/mol. The van der Waals surface area contributed by atoms with Crippen LogP contribution in [0.15, 0.2) is 30.5 Å². The van der Waals surface area contributed by atoms with Gasteiger partial charge in [-0.25, -0.2) is 0 Å². The minimum atomic E-state index is 0.618. The fourth-order valence-electron chi connectivity index (χ4n) is 2.63. The Balaban J connectivity index is 2.04. The number of hydrogen-bond donors (Lipinski definition) is 1. The van der Waals surface area contributed by atoms with Gasteiger partial charge in [-0.1, -0.05) is 32.0 Å². The molecule has 0 bridgehead atoms. The normalized spacial score (nSPS) is 12.2. The zero-order valence-corrected chi connectivity index (χ0v) is 12.6. The van der Waals surface area contributed by atoms with Crippen LogP contribution in [0.4, 0.5) is 0 Å². The van der Waals surface area contributed by atoms with Crippen LogP contribution in [-0.4, -0.2) is 29.0 Å². The molecule has 0 spiro atoms. The largest absolute Gasteiger partial charge is 0.361 e. The van der Waals surface area contributed by atoms with E-state index in [-0.39, 0.29) is 0 Å². The van der Waals surface area contributed by atoms with Crippen molar-refractivity contribution in [3.63, 3.8) is 0 Å². The maximum absolute atomic E-state index is 3.36. The molecule has 1 aromatic carbocycles. The Bertz CT molecular complexity index is 511. The molecule has 0 amide bonds. The molecule has 19 heavy (non-hydrogen) atoms. The van der Waals surface area contributed by atoms with Gasteiger partial charge in [0, 0.05) is 36.2 Å². The summed E-state index contributed by atoms with van der Waals surface area (Å²) in [5.74, 6) is 0.727. The van der Waals surface area contributed by atoms with Crippen LogP contribution in [0, 0.1) is 5.92 Å². The van der Waals surface area contributed by atoms with Crippen LogP contribution in [0.3, 0.4) is 0 Å². The summed E-state index contributed by atoms with van der Waals surface area (Å²) in [5.41, 5.74) is 2.68. The average molecular weight is 258 g/mol. The molecule has 0 saturated carbocycles. The third-order valence-corrected chi connectivity index (χ3v) is 3.67. The summed E-state index contributed by atoms with van der Waals surface area (Å²) in [6.45, 7) is 11.5. The van der Waals surface area contributed by atoms with Gasteiger partial charge in [0.15, 0.2) is 0 Å². The number of H-pyrrole nitrogens is 1. The molecule has 2 aromatic rings. The minimum Gasteiger partial charge on any atom is -0.361 e. The number of hydrogen-bond acceptors (Lipinski definition) is 1. The van der Waals surface area contributed by atoms with Gasteiger partial charge in [-0.2, -0.15) is 0 Å². The predicted molar refractivity (Wildman–Crippen MR) is 83.5 cm³/mol. The van der Waals surface area contributed by atoms with Gasteiger partial charge in [0.2, 0.25) is 0 Å². The highest BCUT2D eigenvalue weighted by Gasteiger charge is 2.12. The highest BCUT2D eigenvalue weighted by Crippen LogP contribution is 2.18. The summed E-state index contributed by atoms with van der Waals surface area (Å²) in [5, 5.41) is 1.37. The Kier molecular flexibility index (Phi) is 4.65. The first-order chi connectivity index (χ1) is 9.08. The highest BCUT2D eigenvalue weighted by atomic mass is 15.1. The third-order valence-electron chi connectivity index (χ3n) is 3.67. The van der Waals surface area contributed by atoms with Crippen LogP contribution in [-0.2, 0) is 6.42 Å². The number of benzene rings is 1. The molecule has 0 saturated heterocycles. The van der Waals surface area contributed by atoms with E-state index in [4.69, 9.17) is 0 Å². The monoisotopic (exact) mass is 258 g/mol. The smallest absolute Gasteiger partial charge is 0.0456 e. The lowest BCUT2D eigenvalue weighted by Gasteiger charge is -2.28. The Hall–Kier alpha value is -1.28. The Labute approximate surface area is 116 Å². The summed E-state index contributed by atoms with van der Waals surface area (Å²) >= 11 is 0. The molecule has 0 unspecified atom stereocenters. The molecule has 1 N–H and O–H groups in total. The van der Waals surface area contributed by atoms with Crippen molar-refractivity contribution >= 4 is 10.9 Å². The van der Waals surface area contributed by atoms with E-state index in [1.807, 2.05) is 0 Å². The summed E-state index contributed by atoms with van der Waals surface area (Å²) in [4.78, 5) is 5.94. The van der Waals surface area contributed by atoms with Gasteiger partial charge < -0.3 is 9.88 Å². The second kappa shape index (κ2) is 6.25. The maximum Gasteiger partial charge on any atom is 0.0456 e. The van der Waals surface area contributed by atoms with E-state index in [2.05, 4.69) is 68.0 Å². The van der Waals surface area contributed by atoms with Crippen molar-refractivity contribution in [1.29, 1.82) is 0 Å². The standard InChI is InChI=1S/C17H26N2/c1-13(2)12-19(14(3)4)10-9-15-11-18-17-8-6-5-7-16(15)17/h5-8,11,13-14,18H,9-10,12H2,1-4H3. The van der Waals surface area contributed by atoms with E-state index in [1.54, 1.807) is 0 Å². The van der Waals surface area contributed by atoms with Crippen LogP contribution in [0.25, 0.3) is 10.9 Å². The molecular formula is C17H26N2. The molecule has 1 heterocycles. The van der Waals surface area contributed by atoms with Crippen LogP contribution >= 0.6 is 0 Å². The lowest BCUT2D eigenvalue weighted by Crippen LogP contribution is -2.35. The Morgan fingerprint density at radius 2 is 1.84 bits per heavy atom. The molecule has 104 valence electrons. The second-order valence-corrected chi connectivity index (χ2v) is 6.09. The van der Waals surface area contributed by atoms with E-state index in [0.29, 0.717) is 6.04 Å². The molecule has 0 aliphatic rings. The first-order valence-corrected chi connectivity index (χ1v) is 7.37. The lowest BCUT2D eigenvalue weighted by atomic mass is 10.1. The van der Waals surface area contributed by atoms with E-state index in [9.17, 15) is 0 Å². The van der Waals surface area contributed by atoms with Crippen molar-refractivity contribution in [2.24, 2.45) is 5.92 Å². The molecule has 0 fully saturated rings. The van der Waals surface area contributed by atoms with Gasteiger partial charge in [-0.05, 0) is 37.8 Å². The fourth-order valence-corrected chi connectivity index (χ4v) is 2.63. The molecule has 2 heteroatoms. The summed E-state index contributed by atoms with van der Waals surface area (Å²) < 4.78 is 0. The van der Waals surface area contributed by atoms with Crippen LogP contribution in [0.2, 0.25) is 0 Å². The van der Waals surface area contributed by atoms with Crippen molar-refractivity contribution in [2.75, 3.05) is 13.1 Å². The number of aromatic nitrogens is 1. The summed E-state index contributed by atoms with van der Waals surface area (Å²) in [6.07, 6.45) is 3.29. The molecule has 0 radical (unpaired) electrons. The predicted octanol–water partition coefficient (Wildman–Crippen LogP) is 4.08. The third kappa shape index (κ3) is 3.60. The second-order valence-electron chi connectivity index (χ2n) is 6.09. The van der Waals surface area contributed by atoms with E-state index in [1.165, 1.54) is 23.0 Å². The molecule has 0 atom stereocenters. The fraction of sp³-hybridized carbons (Fsp3) is 0.529. The SMILES string of the molecule is CC(C)CN(CCc1c[nH]c2ccccc12)C(C)C. The van der Waals surface area contributed by atoms with Crippen LogP contribution in [0.5, 0.6) is 0 Å². The number of nitrogens with zero attached hydrogens (tertiary/aromatic N) is 1. The van der Waals surface area contributed by atoms with Gasteiger partial charge in [-0.3, -0.25) is 0 Å². The van der Waals surface area contributed by atoms with Crippen molar-refractivity contribution < 1.29 is 0 Å². The molecule has 0 aliphatic heterocycles. The maximum atomic E-state index is 3.36. The number of nitrogens with one attached hydrogen (secondary N) is 1. The van der Waals surface area contributed by atoms with Gasteiger partial charge in [0.25, 0.3) is 0 Å². The number of para-hydroxylation sites is 1. The van der Waals surface area contributed by atoms with Gasteiger partial charge in [0.1, 0.15) is 0 Å². The zero-order valence-electron chi connectivity index (χ0n) is 12.6. The highest BCUT2D eigenvalue weighted by molar-refractivity contribution is 5.83. The summed E-state index contributed by atoms with van der Waals surface area (Å²) in [6, 6.07) is 9.18. The van der Waals surface area contributed by atoms with Crippen molar-refractivity contribution in [1.82, 2.24) is 9.88 Å². The zero-order chi connectivity index (χ0) is 13.8. The Morgan fingerprint density at radius 1 is 1.11 bits per heavy atom. The first-order valence-electron chi connectivity index (χ1n) is 7.37. The molecule has 1 aromatic heterocycles. The molecule has 0 aliphatic carbocycles. The van der Waals surface area contributed by atoms with E-state index < -0.39 is 0 Å². The van der Waals surface area contributed by atoms with Crippen molar-refractivity contribution in [3.05, 3.63) is 36.0 Å². The quantitative estimate of drug-likeness (QED) is 0.827. The van der Waals surface area contributed by atoms with Gasteiger partial charge in [-0.15, -0.1) is 0 Å². The Morgan fingerprint density at radius 3 is 2.53 bits per heavy atom. The van der Waals surface area contributed by atoms with Crippen molar-refractivity contribution in [2.45, 2.75) is 40.2 Å². The molecule has 2 nitrogen and oxygen atoms in total. The van der Waals surface area contributed by atoms with Crippen LogP contribution in [0.1, 0.15) is 33.3 Å². The number of rotatable bonds is 6. The number of aromatic amines is 1. The summed E-state index contributed by atoms with van der Waals surface area (Å²) in [7, 11) is 0. The van der Waals surface area contributed by atoms with Gasteiger partial charge in [0.05, 0.1) is 0 Å². The lowest BCUT2D eigenvalue weighted by molar-refractivity contribution is 0.200. The average Bonchev–Trinajstić information content (AvgIpc) is 2.77. The van der Waals surface area contributed by atoms with Gasteiger partial charge >= 0.3 is 0 Å². The minimum absolute atomic E-state index is 0.618. The van der Waals surface area contributed by atoms with Crippen LogP contribution < -0.4 is 0 Å². The number of fused-ring (bicyclic) bond motifs is 1. The first kappa shape index (κ1) is 14.1. The topological polar surface area (TPSA) is 19.0 Å². The molecule has 2 rings (SSSR count). The van der Waals surface area contributed by atoms with E-state index >= 15 is 0 Å².